The number of aromatic nitrogens is 3. The van der Waals surface area contributed by atoms with Crippen molar-refractivity contribution in [3.8, 4) is 10.8 Å². The quantitative estimate of drug-likeness (QED) is 0.943. The second-order valence-corrected chi connectivity index (χ2v) is 5.27. The molecule has 4 nitrogen and oxygen atoms in total. The van der Waals surface area contributed by atoms with Crippen LogP contribution in [0.3, 0.4) is 0 Å². The third kappa shape index (κ3) is 2.63. The highest BCUT2D eigenvalue weighted by molar-refractivity contribution is 9.10. The summed E-state index contributed by atoms with van der Waals surface area (Å²) < 4.78 is 0.913. The van der Waals surface area contributed by atoms with Crippen LogP contribution in [-0.2, 0) is 0 Å². The van der Waals surface area contributed by atoms with Gasteiger partial charge in [-0.3, -0.25) is 0 Å². The van der Waals surface area contributed by atoms with Crippen LogP contribution in [-0.4, -0.2) is 21.5 Å². The van der Waals surface area contributed by atoms with Crippen molar-refractivity contribution in [1.82, 2.24) is 15.0 Å². The minimum Gasteiger partial charge on any atom is -0.369 e. The van der Waals surface area contributed by atoms with Gasteiger partial charge in [-0.05, 0) is 36.7 Å². The molecule has 0 aliphatic heterocycles. The minimum atomic E-state index is 0.680. The molecule has 0 aliphatic rings. The Morgan fingerprint density at radius 1 is 1.29 bits per heavy atom. The van der Waals surface area contributed by atoms with Crippen molar-refractivity contribution < 1.29 is 0 Å². The number of hydrogen-bond donors (Lipinski definition) is 1. The molecule has 0 bridgehead atoms. The fourth-order valence-corrected chi connectivity index (χ4v) is 2.44. The van der Waals surface area contributed by atoms with Gasteiger partial charge in [0.2, 0.25) is 0 Å². The van der Waals surface area contributed by atoms with Gasteiger partial charge in [0, 0.05) is 17.6 Å². The van der Waals surface area contributed by atoms with Gasteiger partial charge in [0.25, 0.3) is 0 Å². The lowest BCUT2D eigenvalue weighted by Crippen LogP contribution is -2.04. The van der Waals surface area contributed by atoms with E-state index in [2.05, 4.69) is 36.2 Å². The van der Waals surface area contributed by atoms with E-state index in [1.54, 1.807) is 11.3 Å². The third-order valence-corrected chi connectivity index (χ3v) is 4.08. The highest BCUT2D eigenvalue weighted by atomic mass is 79.9. The molecule has 0 saturated heterocycles. The summed E-state index contributed by atoms with van der Waals surface area (Å²) in [7, 11) is 0. The minimum absolute atomic E-state index is 0.680. The lowest BCUT2D eigenvalue weighted by atomic mass is 10.4. The van der Waals surface area contributed by atoms with E-state index < -0.39 is 0 Å². The Morgan fingerprint density at radius 3 is 2.65 bits per heavy atom. The highest BCUT2D eigenvalue weighted by Crippen LogP contribution is 2.27. The molecule has 17 heavy (non-hydrogen) atoms. The van der Waals surface area contributed by atoms with Crippen LogP contribution < -0.4 is 5.32 Å². The normalized spacial score (nSPS) is 10.6. The van der Waals surface area contributed by atoms with Gasteiger partial charge in [-0.15, -0.1) is 11.3 Å². The maximum Gasteiger partial charge on any atom is 0.190 e. The molecular weight excluding hydrogens is 300 g/mol. The Hall–Kier alpha value is -1.01. The monoisotopic (exact) mass is 312 g/mol. The maximum atomic E-state index is 4.49. The summed E-state index contributed by atoms with van der Waals surface area (Å²) in [6.45, 7) is 6.79. The molecule has 0 aliphatic carbocycles. The number of anilines is 1. The van der Waals surface area contributed by atoms with E-state index in [4.69, 9.17) is 0 Å². The summed E-state index contributed by atoms with van der Waals surface area (Å²) in [5, 5.41) is 6.07. The Balaban J connectivity index is 2.48. The second kappa shape index (κ2) is 5.10. The van der Waals surface area contributed by atoms with Gasteiger partial charge in [0.15, 0.2) is 10.8 Å². The number of hydrogen-bond acceptors (Lipinski definition) is 5. The molecule has 0 fully saturated rings. The molecular formula is C11H13BrN4S. The fourth-order valence-electron chi connectivity index (χ4n) is 1.40. The van der Waals surface area contributed by atoms with Crippen LogP contribution in [0.25, 0.3) is 10.8 Å². The fraction of sp³-hybridized carbons (Fsp3) is 0.364. The van der Waals surface area contributed by atoms with Crippen LogP contribution in [0, 0.1) is 13.8 Å². The van der Waals surface area contributed by atoms with Crippen LogP contribution >= 0.6 is 27.3 Å². The average Bonchev–Trinajstić information content (AvgIpc) is 2.71. The predicted octanol–water partition coefficient (Wildman–Crippen LogP) is 3.41. The maximum absolute atomic E-state index is 4.49. The molecule has 1 N–H and O–H groups in total. The Labute approximate surface area is 113 Å². The molecule has 2 rings (SSSR count). The van der Waals surface area contributed by atoms with Crippen molar-refractivity contribution in [3.05, 3.63) is 21.2 Å². The zero-order valence-corrected chi connectivity index (χ0v) is 12.3. The smallest absolute Gasteiger partial charge is 0.190 e. The standard InChI is InChI=1S/C11H13BrN4S/c1-4-13-9-8(12)7(3)15-10(16-9)11-14-6(2)5-17-11/h5H,4H2,1-3H3,(H,13,15,16). The van der Waals surface area contributed by atoms with Crippen molar-refractivity contribution in [2.45, 2.75) is 20.8 Å². The van der Waals surface area contributed by atoms with E-state index in [0.29, 0.717) is 5.82 Å². The van der Waals surface area contributed by atoms with Crippen LogP contribution in [0.1, 0.15) is 18.3 Å². The topological polar surface area (TPSA) is 50.7 Å². The summed E-state index contributed by atoms with van der Waals surface area (Å²) in [4.78, 5) is 13.3. The van der Waals surface area contributed by atoms with E-state index in [9.17, 15) is 0 Å². The van der Waals surface area contributed by atoms with Gasteiger partial charge in [0.05, 0.1) is 10.2 Å². The van der Waals surface area contributed by atoms with Crippen molar-refractivity contribution in [3.63, 3.8) is 0 Å². The number of thiazole rings is 1. The number of rotatable bonds is 3. The largest absolute Gasteiger partial charge is 0.369 e. The average molecular weight is 313 g/mol. The number of aryl methyl sites for hydroxylation is 2. The third-order valence-electron chi connectivity index (χ3n) is 2.17. The van der Waals surface area contributed by atoms with E-state index in [1.807, 2.05) is 26.2 Å². The van der Waals surface area contributed by atoms with Crippen LogP contribution in [0.2, 0.25) is 0 Å². The van der Waals surface area contributed by atoms with Crippen molar-refractivity contribution >= 4 is 33.1 Å². The number of halogens is 1. The Bertz CT molecular complexity index is 538. The van der Waals surface area contributed by atoms with E-state index in [-0.39, 0.29) is 0 Å². The van der Waals surface area contributed by atoms with E-state index >= 15 is 0 Å². The predicted molar refractivity (Wildman–Crippen MR) is 74.5 cm³/mol. The number of nitrogens with zero attached hydrogens (tertiary/aromatic N) is 3. The molecule has 0 spiro atoms. The lowest BCUT2D eigenvalue weighted by molar-refractivity contribution is 1.06. The van der Waals surface area contributed by atoms with E-state index in [0.717, 1.165) is 33.2 Å². The van der Waals surface area contributed by atoms with Crippen molar-refractivity contribution in [2.75, 3.05) is 11.9 Å². The number of nitrogens with one attached hydrogen (secondary N) is 1. The van der Waals surface area contributed by atoms with Crippen molar-refractivity contribution in [1.29, 1.82) is 0 Å². The molecule has 2 aromatic rings. The molecule has 0 unspecified atom stereocenters. The first-order valence-electron chi connectivity index (χ1n) is 5.32. The summed E-state index contributed by atoms with van der Waals surface area (Å²) in [5.74, 6) is 1.50. The molecule has 0 radical (unpaired) electrons. The molecule has 90 valence electrons. The van der Waals surface area contributed by atoms with Crippen molar-refractivity contribution in [2.24, 2.45) is 0 Å². The zero-order valence-electron chi connectivity index (χ0n) is 9.91. The Morgan fingerprint density at radius 2 is 2.06 bits per heavy atom. The van der Waals surface area contributed by atoms with Gasteiger partial charge >= 0.3 is 0 Å². The zero-order chi connectivity index (χ0) is 12.4. The molecule has 0 amide bonds. The molecule has 6 heteroatoms. The van der Waals surface area contributed by atoms with Crippen LogP contribution in [0.15, 0.2) is 9.85 Å². The first-order chi connectivity index (χ1) is 8.11. The van der Waals surface area contributed by atoms with Gasteiger partial charge in [-0.2, -0.15) is 0 Å². The first-order valence-corrected chi connectivity index (χ1v) is 6.99. The molecule has 0 saturated carbocycles. The molecule has 2 aromatic heterocycles. The highest BCUT2D eigenvalue weighted by Gasteiger charge is 2.12. The molecule has 0 aromatic carbocycles. The summed E-state index contributed by atoms with van der Waals surface area (Å²) in [5.41, 5.74) is 1.91. The first kappa shape index (κ1) is 12.4. The van der Waals surface area contributed by atoms with E-state index in [1.165, 1.54) is 0 Å². The molecule has 2 heterocycles. The summed E-state index contributed by atoms with van der Waals surface area (Å²) in [6, 6.07) is 0. The van der Waals surface area contributed by atoms with Gasteiger partial charge < -0.3 is 5.32 Å². The van der Waals surface area contributed by atoms with Gasteiger partial charge in [-0.25, -0.2) is 15.0 Å². The van der Waals surface area contributed by atoms with Gasteiger partial charge in [-0.1, -0.05) is 0 Å². The van der Waals surface area contributed by atoms with Crippen LogP contribution in [0.5, 0.6) is 0 Å². The summed E-state index contributed by atoms with van der Waals surface area (Å²) in [6.07, 6.45) is 0. The Kier molecular flexibility index (Phi) is 3.73. The summed E-state index contributed by atoms with van der Waals surface area (Å²) >= 11 is 5.05. The van der Waals surface area contributed by atoms with Gasteiger partial charge in [0.1, 0.15) is 5.82 Å². The van der Waals surface area contributed by atoms with Crippen LogP contribution in [0.4, 0.5) is 5.82 Å². The lowest BCUT2D eigenvalue weighted by Gasteiger charge is -2.08. The SMILES string of the molecule is CCNc1nc(-c2nc(C)cs2)nc(C)c1Br. The molecule has 0 atom stereocenters. The second-order valence-electron chi connectivity index (χ2n) is 3.62.